The highest BCUT2D eigenvalue weighted by molar-refractivity contribution is 5.94. The molecule has 2 aromatic carbocycles. The lowest BCUT2D eigenvalue weighted by atomic mass is 10.1. The molecule has 0 unspecified atom stereocenters. The summed E-state index contributed by atoms with van der Waals surface area (Å²) in [4.78, 5) is 13.8. The first-order chi connectivity index (χ1) is 12.8. The summed E-state index contributed by atoms with van der Waals surface area (Å²) in [6.07, 6.45) is 1.44. The molecule has 0 aliphatic rings. The molecular weight excluding hydrogens is 359 g/mol. The molecule has 0 aromatic heterocycles. The zero-order valence-corrected chi connectivity index (χ0v) is 15.2. The zero-order chi connectivity index (χ0) is 20.0. The van der Waals surface area contributed by atoms with Crippen molar-refractivity contribution in [3.8, 4) is 11.5 Å². The van der Waals surface area contributed by atoms with Crippen LogP contribution in [0.1, 0.15) is 18.1 Å². The standard InChI is InChI=1S/C20H20F3NO3/c1-13(15-5-7-16(21)8-6-15)10-19(25)24(2)12-14-4-9-17(26-3)18(11-14)27-20(22)23/h4-11,20H,12H2,1-3H3/b13-10-. The zero-order valence-electron chi connectivity index (χ0n) is 15.2. The summed E-state index contributed by atoms with van der Waals surface area (Å²) >= 11 is 0. The molecule has 0 aliphatic heterocycles. The van der Waals surface area contributed by atoms with Crippen LogP contribution in [0.3, 0.4) is 0 Å². The number of alkyl halides is 2. The molecule has 0 N–H and O–H groups in total. The first kappa shape index (κ1) is 20.4. The molecule has 0 radical (unpaired) electrons. The smallest absolute Gasteiger partial charge is 0.387 e. The Balaban J connectivity index is 2.11. The largest absolute Gasteiger partial charge is 0.493 e. The van der Waals surface area contributed by atoms with Gasteiger partial charge in [0, 0.05) is 19.7 Å². The van der Waals surface area contributed by atoms with Crippen molar-refractivity contribution in [3.05, 3.63) is 65.5 Å². The maximum absolute atomic E-state index is 13.0. The SMILES string of the molecule is COc1ccc(CN(C)C(=O)/C=C(/C)c2ccc(F)cc2)cc1OC(F)F. The number of amides is 1. The predicted octanol–water partition coefficient (Wildman–Crippen LogP) is 4.50. The van der Waals surface area contributed by atoms with Gasteiger partial charge >= 0.3 is 6.61 Å². The summed E-state index contributed by atoms with van der Waals surface area (Å²) in [6.45, 7) is -1.04. The fourth-order valence-electron chi connectivity index (χ4n) is 2.45. The van der Waals surface area contributed by atoms with E-state index in [0.717, 1.165) is 5.56 Å². The Labute approximate surface area is 155 Å². The normalized spacial score (nSPS) is 11.4. The average Bonchev–Trinajstić information content (AvgIpc) is 2.61. The van der Waals surface area contributed by atoms with Gasteiger partial charge in [0.05, 0.1) is 7.11 Å². The summed E-state index contributed by atoms with van der Waals surface area (Å²) < 4.78 is 47.5. The van der Waals surface area contributed by atoms with Gasteiger partial charge < -0.3 is 14.4 Å². The molecule has 1 amide bonds. The number of allylic oxidation sites excluding steroid dienone is 1. The van der Waals surface area contributed by atoms with Crippen LogP contribution < -0.4 is 9.47 Å². The Bertz CT molecular complexity index is 820. The lowest BCUT2D eigenvalue weighted by molar-refractivity contribution is -0.125. The Morgan fingerprint density at radius 1 is 1.15 bits per heavy atom. The minimum absolute atomic E-state index is 0.0936. The first-order valence-electron chi connectivity index (χ1n) is 8.11. The van der Waals surface area contributed by atoms with Crippen LogP contribution in [0.4, 0.5) is 13.2 Å². The Hall–Kier alpha value is -2.96. The van der Waals surface area contributed by atoms with Crippen LogP contribution in [0, 0.1) is 5.82 Å². The highest BCUT2D eigenvalue weighted by Gasteiger charge is 2.13. The van der Waals surface area contributed by atoms with E-state index < -0.39 is 6.61 Å². The molecule has 0 bridgehead atoms. The van der Waals surface area contributed by atoms with Crippen molar-refractivity contribution >= 4 is 11.5 Å². The molecular formula is C20H20F3NO3. The highest BCUT2D eigenvalue weighted by atomic mass is 19.3. The number of hydrogen-bond donors (Lipinski definition) is 0. The number of rotatable bonds is 7. The van der Waals surface area contributed by atoms with E-state index in [9.17, 15) is 18.0 Å². The average molecular weight is 379 g/mol. The lowest BCUT2D eigenvalue weighted by Crippen LogP contribution is -2.24. The molecule has 2 rings (SSSR count). The molecule has 0 saturated carbocycles. The second kappa shape index (κ2) is 9.12. The number of carbonyl (C=O) groups excluding carboxylic acids is 1. The van der Waals surface area contributed by atoms with Crippen molar-refractivity contribution in [1.29, 1.82) is 0 Å². The maximum atomic E-state index is 13.0. The predicted molar refractivity (Wildman–Crippen MR) is 96.2 cm³/mol. The van der Waals surface area contributed by atoms with Crippen molar-refractivity contribution in [2.24, 2.45) is 0 Å². The summed E-state index contributed by atoms with van der Waals surface area (Å²) in [7, 11) is 2.95. The van der Waals surface area contributed by atoms with Crippen molar-refractivity contribution in [2.75, 3.05) is 14.2 Å². The van der Waals surface area contributed by atoms with Crippen LogP contribution >= 0.6 is 0 Å². The van der Waals surface area contributed by atoms with Gasteiger partial charge in [0.2, 0.25) is 5.91 Å². The van der Waals surface area contributed by atoms with Gasteiger partial charge in [-0.1, -0.05) is 18.2 Å². The van der Waals surface area contributed by atoms with Gasteiger partial charge in [0.15, 0.2) is 11.5 Å². The van der Waals surface area contributed by atoms with Gasteiger partial charge in [0.1, 0.15) is 5.82 Å². The number of benzene rings is 2. The summed E-state index contributed by atoms with van der Waals surface area (Å²) in [5.41, 5.74) is 2.02. The third kappa shape index (κ3) is 5.77. The quantitative estimate of drug-likeness (QED) is 0.665. The molecule has 27 heavy (non-hydrogen) atoms. The van der Waals surface area contributed by atoms with Crippen LogP contribution in [-0.4, -0.2) is 31.6 Å². The fraction of sp³-hybridized carbons (Fsp3) is 0.250. The van der Waals surface area contributed by atoms with E-state index in [4.69, 9.17) is 4.74 Å². The fourth-order valence-corrected chi connectivity index (χ4v) is 2.45. The van der Waals surface area contributed by atoms with Gasteiger partial charge in [-0.2, -0.15) is 8.78 Å². The van der Waals surface area contributed by atoms with E-state index in [-0.39, 0.29) is 29.8 Å². The second-order valence-corrected chi connectivity index (χ2v) is 5.89. The van der Waals surface area contributed by atoms with E-state index in [0.29, 0.717) is 11.1 Å². The van der Waals surface area contributed by atoms with Crippen LogP contribution in [0.25, 0.3) is 5.57 Å². The monoisotopic (exact) mass is 379 g/mol. The topological polar surface area (TPSA) is 38.8 Å². The van der Waals surface area contributed by atoms with E-state index in [1.165, 1.54) is 42.4 Å². The third-order valence-corrected chi connectivity index (χ3v) is 3.88. The Morgan fingerprint density at radius 3 is 2.41 bits per heavy atom. The Morgan fingerprint density at radius 2 is 1.81 bits per heavy atom. The molecule has 2 aromatic rings. The molecule has 144 valence electrons. The van der Waals surface area contributed by atoms with Gasteiger partial charge in [0.25, 0.3) is 0 Å². The molecule has 0 heterocycles. The van der Waals surface area contributed by atoms with E-state index in [2.05, 4.69) is 4.74 Å². The highest BCUT2D eigenvalue weighted by Crippen LogP contribution is 2.30. The summed E-state index contributed by atoms with van der Waals surface area (Å²) in [6, 6.07) is 10.4. The Kier molecular flexibility index (Phi) is 6.87. The molecule has 7 heteroatoms. The third-order valence-electron chi connectivity index (χ3n) is 3.88. The molecule has 0 fully saturated rings. The van der Waals surface area contributed by atoms with Crippen LogP contribution in [0.15, 0.2) is 48.5 Å². The molecule has 0 saturated heterocycles. The molecule has 0 spiro atoms. The van der Waals surface area contributed by atoms with Crippen LogP contribution in [-0.2, 0) is 11.3 Å². The van der Waals surface area contributed by atoms with Gasteiger partial charge in [-0.25, -0.2) is 4.39 Å². The summed E-state index contributed by atoms with van der Waals surface area (Å²) in [5.74, 6) is -0.538. The minimum Gasteiger partial charge on any atom is -0.493 e. The lowest BCUT2D eigenvalue weighted by Gasteiger charge is -2.17. The molecule has 0 aliphatic carbocycles. The van der Waals surface area contributed by atoms with Crippen molar-refractivity contribution in [2.45, 2.75) is 20.1 Å². The van der Waals surface area contributed by atoms with Crippen LogP contribution in [0.2, 0.25) is 0 Å². The maximum Gasteiger partial charge on any atom is 0.387 e. The van der Waals surface area contributed by atoms with Crippen molar-refractivity contribution < 1.29 is 27.4 Å². The van der Waals surface area contributed by atoms with Crippen molar-refractivity contribution in [1.82, 2.24) is 4.90 Å². The minimum atomic E-state index is -2.98. The number of halogens is 3. The molecule has 4 nitrogen and oxygen atoms in total. The van der Waals surface area contributed by atoms with Gasteiger partial charge in [-0.05, 0) is 47.9 Å². The van der Waals surface area contributed by atoms with E-state index in [1.54, 1.807) is 32.2 Å². The van der Waals surface area contributed by atoms with Crippen LogP contribution in [0.5, 0.6) is 11.5 Å². The number of carbonyl (C=O) groups is 1. The van der Waals surface area contributed by atoms with E-state index in [1.807, 2.05) is 0 Å². The number of methoxy groups -OCH3 is 1. The number of likely N-dealkylation sites (N-methyl/N-ethyl adjacent to an activating group) is 1. The number of hydrogen-bond acceptors (Lipinski definition) is 3. The molecule has 0 atom stereocenters. The van der Waals surface area contributed by atoms with Gasteiger partial charge in [-0.3, -0.25) is 4.79 Å². The summed E-state index contributed by atoms with van der Waals surface area (Å²) in [5, 5.41) is 0. The number of nitrogens with zero attached hydrogens (tertiary/aromatic N) is 1. The second-order valence-electron chi connectivity index (χ2n) is 5.89. The van der Waals surface area contributed by atoms with E-state index >= 15 is 0 Å². The van der Waals surface area contributed by atoms with Crippen molar-refractivity contribution in [3.63, 3.8) is 0 Å². The first-order valence-corrected chi connectivity index (χ1v) is 8.11. The number of ether oxygens (including phenoxy) is 2. The van der Waals surface area contributed by atoms with Gasteiger partial charge in [-0.15, -0.1) is 0 Å².